The topological polar surface area (TPSA) is 114 Å². The zero-order valence-corrected chi connectivity index (χ0v) is 22.1. The van der Waals surface area contributed by atoms with Gasteiger partial charge in [-0.1, -0.05) is 13.0 Å². The molecule has 4 heterocycles. The zero-order valence-electron chi connectivity index (χ0n) is 22.1. The van der Waals surface area contributed by atoms with Gasteiger partial charge in [0, 0.05) is 35.8 Å². The maximum absolute atomic E-state index is 13.2. The molecule has 9 nitrogen and oxygen atoms in total. The van der Waals surface area contributed by atoms with Crippen molar-refractivity contribution in [1.29, 1.82) is 0 Å². The Balaban J connectivity index is 1.19. The zero-order chi connectivity index (χ0) is 26.8. The summed E-state index contributed by atoms with van der Waals surface area (Å²) < 4.78 is 14.6. The van der Waals surface area contributed by atoms with Crippen LogP contribution in [0.25, 0.3) is 5.82 Å². The van der Waals surface area contributed by atoms with Crippen molar-refractivity contribution in [2.24, 2.45) is 11.8 Å². The van der Waals surface area contributed by atoms with Crippen LogP contribution in [0.4, 0.5) is 4.39 Å². The van der Waals surface area contributed by atoms with Gasteiger partial charge >= 0.3 is 0 Å². The van der Waals surface area contributed by atoms with E-state index in [2.05, 4.69) is 32.5 Å². The highest BCUT2D eigenvalue weighted by atomic mass is 19.1. The third-order valence-electron chi connectivity index (χ3n) is 7.33. The molecule has 0 spiro atoms. The van der Waals surface area contributed by atoms with Crippen LogP contribution in [0.1, 0.15) is 79.2 Å². The number of nitrogens with one attached hydrogen (secondary N) is 2. The minimum absolute atomic E-state index is 0.0562. The first-order valence-electron chi connectivity index (χ1n) is 13.1. The number of carbonyl (C=O) groups excluding carboxylic acids is 1. The second kappa shape index (κ2) is 10.8. The molecule has 0 bridgehead atoms. The third kappa shape index (κ3) is 5.79. The Bertz CT molecular complexity index is 1410. The van der Waals surface area contributed by atoms with E-state index in [0.717, 1.165) is 59.6 Å². The van der Waals surface area contributed by atoms with Crippen LogP contribution in [0.5, 0.6) is 0 Å². The average Bonchev–Trinajstić information content (AvgIpc) is 3.51. The highest BCUT2D eigenvalue weighted by Crippen LogP contribution is 2.39. The minimum Gasteiger partial charge on any atom is -0.349 e. The minimum atomic E-state index is -0.418. The van der Waals surface area contributed by atoms with E-state index < -0.39 is 5.82 Å². The third-order valence-corrected chi connectivity index (χ3v) is 7.33. The summed E-state index contributed by atoms with van der Waals surface area (Å²) in [5.74, 6) is 1.48. The van der Waals surface area contributed by atoms with E-state index in [4.69, 9.17) is 9.97 Å². The Hall–Kier alpha value is -3.95. The molecule has 2 N–H and O–H groups in total. The van der Waals surface area contributed by atoms with Crippen molar-refractivity contribution in [3.05, 3.63) is 82.8 Å². The van der Waals surface area contributed by atoms with Gasteiger partial charge in [0.1, 0.15) is 5.82 Å². The van der Waals surface area contributed by atoms with Gasteiger partial charge in [-0.05, 0) is 69.7 Å². The molecule has 4 aromatic rings. The fourth-order valence-corrected chi connectivity index (χ4v) is 5.31. The summed E-state index contributed by atoms with van der Waals surface area (Å²) in [6, 6.07) is 7.51. The number of rotatable bonds is 7. The first kappa shape index (κ1) is 25.7. The van der Waals surface area contributed by atoms with E-state index in [-0.39, 0.29) is 29.7 Å². The second-order valence-electron chi connectivity index (χ2n) is 10.5. The van der Waals surface area contributed by atoms with Gasteiger partial charge in [0.25, 0.3) is 0 Å². The lowest BCUT2D eigenvalue weighted by Crippen LogP contribution is -2.37. The fourth-order valence-electron chi connectivity index (χ4n) is 5.31. The number of hydrogen-bond donors (Lipinski definition) is 2. The molecule has 1 unspecified atom stereocenters. The van der Waals surface area contributed by atoms with E-state index in [0.29, 0.717) is 12.2 Å². The quantitative estimate of drug-likeness (QED) is 0.373. The van der Waals surface area contributed by atoms with Gasteiger partial charge < -0.3 is 5.32 Å². The fraction of sp³-hybridized carbons (Fsp3) is 0.429. The van der Waals surface area contributed by atoms with Crippen LogP contribution in [0.3, 0.4) is 0 Å². The van der Waals surface area contributed by atoms with E-state index in [1.54, 1.807) is 12.3 Å². The normalized spacial score (nSPS) is 20.3. The molecule has 10 heteroatoms. The Morgan fingerprint density at radius 1 is 1.18 bits per heavy atom. The maximum Gasteiger partial charge on any atom is 0.223 e. The SMILES string of the molecule is Cc1cc(Cc2cc(C)[nH]n2)nc([C@@H]2CC[C@@H](C(=O)N[C@@H](C)c3ccc(-n4cc(F)cn4)nc3)CC2C)n1. The molecule has 4 aromatic heterocycles. The largest absolute Gasteiger partial charge is 0.349 e. The molecule has 5 rings (SSSR count). The van der Waals surface area contributed by atoms with Crippen LogP contribution < -0.4 is 5.32 Å². The van der Waals surface area contributed by atoms with Crippen molar-refractivity contribution in [3.63, 3.8) is 0 Å². The molecule has 1 aliphatic carbocycles. The van der Waals surface area contributed by atoms with Crippen molar-refractivity contribution in [3.8, 4) is 5.82 Å². The van der Waals surface area contributed by atoms with Crippen molar-refractivity contribution in [2.45, 2.75) is 65.3 Å². The number of aromatic amines is 1. The molecule has 1 aliphatic rings. The lowest BCUT2D eigenvalue weighted by atomic mass is 9.74. The number of nitrogens with zero attached hydrogens (tertiary/aromatic N) is 6. The first-order valence-corrected chi connectivity index (χ1v) is 13.1. The molecule has 0 saturated heterocycles. The number of aromatic nitrogens is 7. The van der Waals surface area contributed by atoms with E-state index in [1.807, 2.05) is 39.0 Å². The highest BCUT2D eigenvalue weighted by molar-refractivity contribution is 5.79. The molecular formula is C28H33FN8O. The van der Waals surface area contributed by atoms with E-state index in [1.165, 1.54) is 10.9 Å². The Labute approximate surface area is 221 Å². The number of pyridine rings is 1. The number of amides is 1. The lowest BCUT2D eigenvalue weighted by molar-refractivity contribution is -0.127. The molecule has 38 heavy (non-hydrogen) atoms. The van der Waals surface area contributed by atoms with Crippen LogP contribution in [0.2, 0.25) is 0 Å². The average molecular weight is 517 g/mol. The van der Waals surface area contributed by atoms with E-state index in [9.17, 15) is 9.18 Å². The summed E-state index contributed by atoms with van der Waals surface area (Å²) in [6.07, 6.45) is 7.22. The molecule has 0 aromatic carbocycles. The number of hydrogen-bond acceptors (Lipinski definition) is 6. The number of carbonyl (C=O) groups is 1. The van der Waals surface area contributed by atoms with Gasteiger partial charge in [-0.2, -0.15) is 10.2 Å². The van der Waals surface area contributed by atoms with Crippen LogP contribution in [-0.2, 0) is 11.2 Å². The summed E-state index contributed by atoms with van der Waals surface area (Å²) in [6.45, 7) is 8.13. The molecule has 198 valence electrons. The monoisotopic (exact) mass is 516 g/mol. The van der Waals surface area contributed by atoms with Crippen molar-refractivity contribution in [2.75, 3.05) is 0 Å². The molecule has 1 amide bonds. The van der Waals surface area contributed by atoms with Gasteiger partial charge in [-0.25, -0.2) is 24.0 Å². The predicted octanol–water partition coefficient (Wildman–Crippen LogP) is 4.52. The number of H-pyrrole nitrogens is 1. The second-order valence-corrected chi connectivity index (χ2v) is 10.5. The van der Waals surface area contributed by atoms with E-state index >= 15 is 0 Å². The Morgan fingerprint density at radius 2 is 2.03 bits per heavy atom. The molecule has 0 aliphatic heterocycles. The first-order chi connectivity index (χ1) is 18.2. The van der Waals surface area contributed by atoms with Crippen LogP contribution in [0, 0.1) is 31.5 Å². The molecule has 1 fully saturated rings. The Kier molecular flexibility index (Phi) is 7.31. The van der Waals surface area contributed by atoms with Gasteiger partial charge in [-0.3, -0.25) is 9.89 Å². The summed E-state index contributed by atoms with van der Waals surface area (Å²) in [7, 11) is 0. The maximum atomic E-state index is 13.2. The Morgan fingerprint density at radius 3 is 2.68 bits per heavy atom. The lowest BCUT2D eigenvalue weighted by Gasteiger charge is -2.33. The number of halogens is 1. The predicted molar refractivity (Wildman–Crippen MR) is 140 cm³/mol. The number of aryl methyl sites for hydroxylation is 2. The van der Waals surface area contributed by atoms with Crippen LogP contribution in [0.15, 0.2) is 42.9 Å². The van der Waals surface area contributed by atoms with Gasteiger partial charge in [0.2, 0.25) is 5.91 Å². The van der Waals surface area contributed by atoms with Crippen molar-refractivity contribution < 1.29 is 9.18 Å². The van der Waals surface area contributed by atoms with Gasteiger partial charge in [0.05, 0.1) is 29.8 Å². The van der Waals surface area contributed by atoms with Crippen molar-refractivity contribution in [1.82, 2.24) is 40.2 Å². The smallest absolute Gasteiger partial charge is 0.223 e. The summed E-state index contributed by atoms with van der Waals surface area (Å²) in [5.41, 5.74) is 4.80. The highest BCUT2D eigenvalue weighted by Gasteiger charge is 2.34. The van der Waals surface area contributed by atoms with Crippen molar-refractivity contribution >= 4 is 5.91 Å². The summed E-state index contributed by atoms with van der Waals surface area (Å²) in [4.78, 5) is 27.2. The van der Waals surface area contributed by atoms with Gasteiger partial charge in [0.15, 0.2) is 11.6 Å². The summed E-state index contributed by atoms with van der Waals surface area (Å²) in [5, 5.41) is 14.4. The van der Waals surface area contributed by atoms with Crippen LogP contribution in [-0.4, -0.2) is 40.8 Å². The summed E-state index contributed by atoms with van der Waals surface area (Å²) >= 11 is 0. The van der Waals surface area contributed by atoms with Gasteiger partial charge in [-0.15, -0.1) is 0 Å². The molecule has 4 atom stereocenters. The van der Waals surface area contributed by atoms with Crippen LogP contribution >= 0.6 is 0 Å². The standard InChI is InChI=1S/C28H33FN8O/c1-16-9-20(28(38)33-19(4)21-6-8-26(30-13-21)37-15-22(29)14-31-37)5-7-25(16)27-32-17(2)10-23(34-27)12-24-11-18(3)35-36-24/h6,8,10-11,13-16,19-20,25H,5,7,9,12H2,1-4H3,(H,33,38)(H,35,36)/t16?,19-,20+,25+/m0/s1. The molecule has 0 radical (unpaired) electrons. The molecular weight excluding hydrogens is 483 g/mol. The molecule has 1 saturated carbocycles.